The molecule has 0 bridgehead atoms. The van der Waals surface area contributed by atoms with Crippen molar-refractivity contribution in [3.05, 3.63) is 11.1 Å². The van der Waals surface area contributed by atoms with E-state index in [9.17, 15) is 9.90 Å². The van der Waals surface area contributed by atoms with Gasteiger partial charge in [-0.1, -0.05) is 13.3 Å². The summed E-state index contributed by atoms with van der Waals surface area (Å²) < 4.78 is 0. The molecule has 1 atom stereocenters. The number of amides is 1. The quantitative estimate of drug-likeness (QED) is 0.770. The first-order chi connectivity index (χ1) is 7.25. The minimum Gasteiger partial charge on any atom is -0.369 e. The van der Waals surface area contributed by atoms with Crippen LogP contribution in [0, 0.1) is 0 Å². The molecule has 0 fully saturated rings. The number of nitrogens with zero attached hydrogens (tertiary/aromatic N) is 1. The van der Waals surface area contributed by atoms with Crippen molar-refractivity contribution < 1.29 is 9.90 Å². The number of carbonyl (C=O) groups excluding carboxylic acids is 1. The topological polar surface area (TPSA) is 40.5 Å². The van der Waals surface area contributed by atoms with Crippen LogP contribution in [0.3, 0.4) is 0 Å². The molecule has 1 aliphatic heterocycles. The highest BCUT2D eigenvalue weighted by Crippen LogP contribution is 2.35. The summed E-state index contributed by atoms with van der Waals surface area (Å²) in [5, 5.41) is 10.0. The van der Waals surface area contributed by atoms with Gasteiger partial charge in [-0.25, -0.2) is 0 Å². The van der Waals surface area contributed by atoms with E-state index in [1.807, 2.05) is 0 Å². The maximum absolute atomic E-state index is 12.0. The second-order valence-electron chi connectivity index (χ2n) is 4.44. The summed E-state index contributed by atoms with van der Waals surface area (Å²) >= 11 is 0. The van der Waals surface area contributed by atoms with Crippen molar-refractivity contribution >= 4 is 5.91 Å². The number of aliphatic hydroxyl groups excluding tert-OH is 1. The molecule has 0 aromatic rings. The Labute approximate surface area is 90.8 Å². The Morgan fingerprint density at radius 1 is 1.40 bits per heavy atom. The predicted octanol–water partition coefficient (Wildman–Crippen LogP) is 1.82. The van der Waals surface area contributed by atoms with Crippen LogP contribution in [0.1, 0.15) is 45.4 Å². The van der Waals surface area contributed by atoms with Crippen LogP contribution in [0.15, 0.2) is 11.1 Å². The molecule has 1 aliphatic carbocycles. The van der Waals surface area contributed by atoms with E-state index in [1.54, 1.807) is 4.90 Å². The van der Waals surface area contributed by atoms with Gasteiger partial charge < -0.3 is 10.0 Å². The largest absolute Gasteiger partial charge is 0.369 e. The molecule has 2 aliphatic rings. The minimum absolute atomic E-state index is 0.0886. The van der Waals surface area contributed by atoms with Gasteiger partial charge in [-0.05, 0) is 37.7 Å². The summed E-state index contributed by atoms with van der Waals surface area (Å²) in [5.74, 6) is 0.0886. The van der Waals surface area contributed by atoms with Gasteiger partial charge in [0.15, 0.2) is 6.23 Å². The Balaban J connectivity index is 2.11. The first kappa shape index (κ1) is 10.7. The highest BCUT2D eigenvalue weighted by molar-refractivity contribution is 5.97. The van der Waals surface area contributed by atoms with Gasteiger partial charge in [0.1, 0.15) is 0 Å². The first-order valence-corrected chi connectivity index (χ1v) is 5.96. The fraction of sp³-hybridized carbons (Fsp3) is 0.750. The molecular formula is C12H19NO2. The summed E-state index contributed by atoms with van der Waals surface area (Å²) in [4.78, 5) is 13.6. The zero-order valence-electron chi connectivity index (χ0n) is 9.33. The lowest BCUT2D eigenvalue weighted by Gasteiger charge is -2.22. The molecule has 0 radical (unpaired) electrons. The van der Waals surface area contributed by atoms with E-state index in [0.29, 0.717) is 6.54 Å². The van der Waals surface area contributed by atoms with Gasteiger partial charge in [0.05, 0.1) is 0 Å². The standard InChI is InChI=1S/C12H19NO2/c1-2-3-8-13-11(14)9-6-4-5-7-10(9)12(13)15/h11,14H,2-8H2,1H3. The number of hydrogen-bond acceptors (Lipinski definition) is 2. The van der Waals surface area contributed by atoms with Crippen LogP contribution in [0.4, 0.5) is 0 Å². The van der Waals surface area contributed by atoms with Crippen molar-refractivity contribution in [1.29, 1.82) is 0 Å². The molecule has 3 heteroatoms. The summed E-state index contributed by atoms with van der Waals surface area (Å²) in [6.45, 7) is 2.80. The third-order valence-corrected chi connectivity index (χ3v) is 3.39. The SMILES string of the molecule is CCCCN1C(=O)C2=C(CCCC2)C1O. The Morgan fingerprint density at radius 2 is 2.13 bits per heavy atom. The summed E-state index contributed by atoms with van der Waals surface area (Å²) in [6, 6.07) is 0. The zero-order chi connectivity index (χ0) is 10.8. The number of unbranched alkanes of at least 4 members (excludes halogenated alkanes) is 1. The van der Waals surface area contributed by atoms with Crippen LogP contribution in [-0.2, 0) is 4.79 Å². The summed E-state index contributed by atoms with van der Waals surface area (Å²) in [5.41, 5.74) is 1.91. The van der Waals surface area contributed by atoms with Crippen molar-refractivity contribution in [3.63, 3.8) is 0 Å². The highest BCUT2D eigenvalue weighted by Gasteiger charge is 2.37. The predicted molar refractivity (Wildman–Crippen MR) is 58.1 cm³/mol. The molecule has 1 unspecified atom stereocenters. The number of rotatable bonds is 3. The fourth-order valence-corrected chi connectivity index (χ4v) is 2.48. The minimum atomic E-state index is -0.612. The molecule has 1 amide bonds. The average Bonchev–Trinajstić information content (AvgIpc) is 2.51. The highest BCUT2D eigenvalue weighted by atomic mass is 16.3. The third-order valence-electron chi connectivity index (χ3n) is 3.39. The van der Waals surface area contributed by atoms with Crippen LogP contribution in [-0.4, -0.2) is 28.7 Å². The van der Waals surface area contributed by atoms with E-state index < -0.39 is 6.23 Å². The van der Waals surface area contributed by atoms with Crippen LogP contribution < -0.4 is 0 Å². The van der Waals surface area contributed by atoms with Crippen LogP contribution >= 0.6 is 0 Å². The molecule has 0 aromatic heterocycles. The molecule has 84 valence electrons. The van der Waals surface area contributed by atoms with Gasteiger partial charge in [0.2, 0.25) is 0 Å². The molecule has 0 saturated heterocycles. The fourth-order valence-electron chi connectivity index (χ4n) is 2.48. The third kappa shape index (κ3) is 1.81. The molecular weight excluding hydrogens is 190 g/mol. The van der Waals surface area contributed by atoms with Crippen molar-refractivity contribution in [1.82, 2.24) is 4.90 Å². The van der Waals surface area contributed by atoms with Crippen LogP contribution in [0.2, 0.25) is 0 Å². The second-order valence-corrected chi connectivity index (χ2v) is 4.44. The zero-order valence-corrected chi connectivity index (χ0v) is 9.33. The Morgan fingerprint density at radius 3 is 2.80 bits per heavy atom. The number of hydrogen-bond donors (Lipinski definition) is 1. The Bertz CT molecular complexity index is 296. The van der Waals surface area contributed by atoms with E-state index in [2.05, 4.69) is 6.92 Å². The molecule has 0 aromatic carbocycles. The normalized spacial score (nSPS) is 26.1. The second kappa shape index (κ2) is 4.35. The van der Waals surface area contributed by atoms with Gasteiger partial charge in [0, 0.05) is 12.1 Å². The van der Waals surface area contributed by atoms with E-state index >= 15 is 0 Å². The lowest BCUT2D eigenvalue weighted by molar-refractivity contribution is -0.132. The number of aliphatic hydroxyl groups is 1. The summed E-state index contributed by atoms with van der Waals surface area (Å²) in [6.07, 6.45) is 5.41. The maximum Gasteiger partial charge on any atom is 0.252 e. The number of carbonyl (C=O) groups is 1. The first-order valence-electron chi connectivity index (χ1n) is 5.96. The van der Waals surface area contributed by atoms with Crippen LogP contribution in [0.25, 0.3) is 0 Å². The van der Waals surface area contributed by atoms with Gasteiger partial charge >= 0.3 is 0 Å². The van der Waals surface area contributed by atoms with Gasteiger partial charge in [0.25, 0.3) is 5.91 Å². The molecule has 2 rings (SSSR count). The van der Waals surface area contributed by atoms with E-state index in [4.69, 9.17) is 0 Å². The van der Waals surface area contributed by atoms with Crippen molar-refractivity contribution in [2.75, 3.05) is 6.54 Å². The molecule has 1 N–H and O–H groups in total. The van der Waals surface area contributed by atoms with Crippen molar-refractivity contribution in [3.8, 4) is 0 Å². The average molecular weight is 209 g/mol. The van der Waals surface area contributed by atoms with E-state index in [-0.39, 0.29) is 5.91 Å². The molecule has 0 spiro atoms. The van der Waals surface area contributed by atoms with Gasteiger partial charge in [-0.3, -0.25) is 4.79 Å². The van der Waals surface area contributed by atoms with E-state index in [0.717, 1.165) is 49.7 Å². The molecule has 15 heavy (non-hydrogen) atoms. The molecule has 0 saturated carbocycles. The smallest absolute Gasteiger partial charge is 0.252 e. The lowest BCUT2D eigenvalue weighted by Crippen LogP contribution is -2.36. The molecule has 1 heterocycles. The van der Waals surface area contributed by atoms with Crippen LogP contribution in [0.5, 0.6) is 0 Å². The molecule has 3 nitrogen and oxygen atoms in total. The lowest BCUT2D eigenvalue weighted by atomic mass is 9.93. The Hall–Kier alpha value is -0.830. The maximum atomic E-state index is 12.0. The Kier molecular flexibility index (Phi) is 3.10. The van der Waals surface area contributed by atoms with Crippen molar-refractivity contribution in [2.24, 2.45) is 0 Å². The van der Waals surface area contributed by atoms with E-state index in [1.165, 1.54) is 0 Å². The monoisotopic (exact) mass is 209 g/mol. The van der Waals surface area contributed by atoms with Gasteiger partial charge in [-0.2, -0.15) is 0 Å². The van der Waals surface area contributed by atoms with Crippen molar-refractivity contribution in [2.45, 2.75) is 51.7 Å². The summed E-state index contributed by atoms with van der Waals surface area (Å²) in [7, 11) is 0. The van der Waals surface area contributed by atoms with Gasteiger partial charge in [-0.15, -0.1) is 0 Å².